The van der Waals surface area contributed by atoms with Gasteiger partial charge in [-0.05, 0) is 36.6 Å². The molecule has 2 atom stereocenters. The van der Waals surface area contributed by atoms with Gasteiger partial charge in [-0.2, -0.15) is 0 Å². The third-order valence-corrected chi connectivity index (χ3v) is 3.67. The van der Waals surface area contributed by atoms with Crippen molar-refractivity contribution in [1.29, 1.82) is 0 Å². The molecule has 0 heterocycles. The number of halogens is 3. The first-order valence-corrected chi connectivity index (χ1v) is 7.09. The van der Waals surface area contributed by atoms with Crippen molar-refractivity contribution < 1.29 is 18.4 Å². The summed E-state index contributed by atoms with van der Waals surface area (Å²) in [5.74, 6) is -3.30. The normalized spacial score (nSPS) is 19.5. The number of benzene rings is 1. The highest BCUT2D eigenvalue weighted by Gasteiger charge is 2.39. The summed E-state index contributed by atoms with van der Waals surface area (Å²) in [6.07, 6.45) is 0.891. The van der Waals surface area contributed by atoms with Crippen LogP contribution in [0.3, 0.4) is 0 Å². The third-order valence-electron chi connectivity index (χ3n) is 3.67. The molecule has 1 aromatic rings. The van der Waals surface area contributed by atoms with E-state index in [0.29, 0.717) is 11.6 Å². The van der Waals surface area contributed by atoms with Crippen molar-refractivity contribution >= 4 is 29.9 Å². The van der Waals surface area contributed by atoms with Gasteiger partial charge in [0.2, 0.25) is 5.91 Å². The number of carbonyl (C=O) groups excluding carboxylic acids is 2. The fourth-order valence-corrected chi connectivity index (χ4v) is 2.01. The molecule has 0 bridgehead atoms. The number of rotatable bonds is 6. The van der Waals surface area contributed by atoms with Crippen LogP contribution in [0.5, 0.6) is 0 Å². The minimum absolute atomic E-state index is 0. The van der Waals surface area contributed by atoms with Crippen LogP contribution >= 0.6 is 12.4 Å². The summed E-state index contributed by atoms with van der Waals surface area (Å²) in [5, 5.41) is 4.89. The van der Waals surface area contributed by atoms with Gasteiger partial charge in [-0.3, -0.25) is 9.59 Å². The molecule has 0 aliphatic heterocycles. The summed E-state index contributed by atoms with van der Waals surface area (Å²) in [6.45, 7) is 0.382. The molecular formula is C15H20ClF2N3O2. The summed E-state index contributed by atoms with van der Waals surface area (Å²) in [4.78, 5) is 23.5. The molecule has 1 aromatic carbocycles. The van der Waals surface area contributed by atoms with E-state index in [9.17, 15) is 18.4 Å². The van der Waals surface area contributed by atoms with Gasteiger partial charge < -0.3 is 16.4 Å². The SMILES string of the molecule is CC1CC1C(=O)Nc1ccc(C(=O)NCC(F)(F)CN)cc1.Cl. The molecule has 0 aromatic heterocycles. The standard InChI is InChI=1S/C15H19F2N3O2.ClH/c1-9-6-12(9)14(22)20-11-4-2-10(3-5-11)13(21)19-8-15(16,17)7-18;/h2-5,9,12H,6-8,18H2,1H3,(H,19,21)(H,20,22);1H. The van der Waals surface area contributed by atoms with Crippen molar-refractivity contribution in [1.82, 2.24) is 5.32 Å². The topological polar surface area (TPSA) is 84.2 Å². The third kappa shape index (κ3) is 5.44. The van der Waals surface area contributed by atoms with Gasteiger partial charge in [0.1, 0.15) is 0 Å². The van der Waals surface area contributed by atoms with Crippen LogP contribution in [0.1, 0.15) is 23.7 Å². The number of alkyl halides is 2. The van der Waals surface area contributed by atoms with Crippen LogP contribution in [-0.2, 0) is 4.79 Å². The lowest BCUT2D eigenvalue weighted by atomic mass is 10.2. The van der Waals surface area contributed by atoms with Crippen LogP contribution in [0.15, 0.2) is 24.3 Å². The van der Waals surface area contributed by atoms with Crippen LogP contribution in [0.4, 0.5) is 14.5 Å². The summed E-state index contributed by atoms with van der Waals surface area (Å²) in [5.41, 5.74) is 5.71. The number of anilines is 1. The minimum atomic E-state index is -3.12. The second-order valence-electron chi connectivity index (χ2n) is 5.63. The molecule has 5 nitrogen and oxygen atoms in total. The van der Waals surface area contributed by atoms with Gasteiger partial charge in [0.15, 0.2) is 0 Å². The molecule has 0 radical (unpaired) electrons. The molecule has 1 aliphatic carbocycles. The lowest BCUT2D eigenvalue weighted by molar-refractivity contribution is -0.117. The monoisotopic (exact) mass is 347 g/mol. The molecule has 4 N–H and O–H groups in total. The van der Waals surface area contributed by atoms with Gasteiger partial charge in [-0.15, -0.1) is 12.4 Å². The first kappa shape index (κ1) is 19.3. The number of amides is 2. The van der Waals surface area contributed by atoms with Gasteiger partial charge in [-0.1, -0.05) is 6.92 Å². The quantitative estimate of drug-likeness (QED) is 0.736. The van der Waals surface area contributed by atoms with E-state index in [1.165, 1.54) is 12.1 Å². The Labute approximate surface area is 139 Å². The number of carbonyl (C=O) groups is 2. The van der Waals surface area contributed by atoms with Gasteiger partial charge in [0.05, 0.1) is 13.1 Å². The second kappa shape index (κ2) is 7.70. The zero-order valence-corrected chi connectivity index (χ0v) is 13.5. The number of hydrogen-bond donors (Lipinski definition) is 3. The van der Waals surface area contributed by atoms with Crippen molar-refractivity contribution in [2.24, 2.45) is 17.6 Å². The molecule has 8 heteroatoms. The Balaban J connectivity index is 0.00000264. The summed E-state index contributed by atoms with van der Waals surface area (Å²) in [6, 6.07) is 6.09. The fraction of sp³-hybridized carbons (Fsp3) is 0.467. The molecule has 23 heavy (non-hydrogen) atoms. The number of hydrogen-bond acceptors (Lipinski definition) is 3. The molecule has 1 saturated carbocycles. The molecule has 0 spiro atoms. The summed E-state index contributed by atoms with van der Waals surface area (Å²) >= 11 is 0. The van der Waals surface area contributed by atoms with Gasteiger partial charge in [0.25, 0.3) is 11.8 Å². The van der Waals surface area contributed by atoms with E-state index >= 15 is 0 Å². The highest BCUT2D eigenvalue weighted by Crippen LogP contribution is 2.38. The average Bonchev–Trinajstić information content (AvgIpc) is 3.23. The molecule has 1 aliphatic rings. The molecule has 2 amide bonds. The van der Waals surface area contributed by atoms with E-state index in [1.807, 2.05) is 6.92 Å². The number of nitrogens with two attached hydrogens (primary N) is 1. The maximum Gasteiger partial charge on any atom is 0.277 e. The first-order valence-electron chi connectivity index (χ1n) is 7.09. The van der Waals surface area contributed by atoms with Gasteiger partial charge >= 0.3 is 0 Å². The maximum atomic E-state index is 13.0. The second-order valence-corrected chi connectivity index (χ2v) is 5.63. The van der Waals surface area contributed by atoms with Crippen molar-refractivity contribution in [3.8, 4) is 0 Å². The molecular weight excluding hydrogens is 328 g/mol. The van der Waals surface area contributed by atoms with Gasteiger partial charge in [0, 0.05) is 17.2 Å². The molecule has 128 valence electrons. The van der Waals surface area contributed by atoms with E-state index < -0.39 is 24.9 Å². The first-order chi connectivity index (χ1) is 10.3. The average molecular weight is 348 g/mol. The van der Waals surface area contributed by atoms with E-state index in [0.717, 1.165) is 6.42 Å². The van der Waals surface area contributed by atoms with E-state index in [4.69, 9.17) is 5.73 Å². The zero-order chi connectivity index (χ0) is 16.3. The van der Waals surface area contributed by atoms with Crippen LogP contribution in [-0.4, -0.2) is 30.8 Å². The van der Waals surface area contributed by atoms with E-state index in [1.54, 1.807) is 12.1 Å². The molecule has 1 fully saturated rings. The number of nitrogens with one attached hydrogen (secondary N) is 2. The lowest BCUT2D eigenvalue weighted by Crippen LogP contribution is -2.41. The van der Waals surface area contributed by atoms with Crippen molar-refractivity contribution in [2.45, 2.75) is 19.3 Å². The Bertz CT molecular complexity index is 566. The Kier molecular flexibility index (Phi) is 6.47. The maximum absolute atomic E-state index is 13.0. The van der Waals surface area contributed by atoms with Gasteiger partial charge in [-0.25, -0.2) is 8.78 Å². The predicted molar refractivity (Wildman–Crippen MR) is 85.9 cm³/mol. The van der Waals surface area contributed by atoms with E-state index in [2.05, 4.69) is 10.6 Å². The summed E-state index contributed by atoms with van der Waals surface area (Å²) < 4.78 is 25.9. The van der Waals surface area contributed by atoms with E-state index in [-0.39, 0.29) is 29.8 Å². The van der Waals surface area contributed by atoms with Crippen LogP contribution in [0.25, 0.3) is 0 Å². The zero-order valence-electron chi connectivity index (χ0n) is 12.6. The Hall–Kier alpha value is -1.73. The predicted octanol–water partition coefficient (Wildman–Crippen LogP) is 2.03. The molecule has 2 unspecified atom stereocenters. The Morgan fingerprint density at radius 3 is 2.35 bits per heavy atom. The lowest BCUT2D eigenvalue weighted by Gasteiger charge is -2.14. The largest absolute Gasteiger partial charge is 0.346 e. The highest BCUT2D eigenvalue weighted by molar-refractivity contribution is 5.97. The molecule has 0 saturated heterocycles. The smallest absolute Gasteiger partial charge is 0.277 e. The van der Waals surface area contributed by atoms with Crippen molar-refractivity contribution in [2.75, 3.05) is 18.4 Å². The van der Waals surface area contributed by atoms with Crippen LogP contribution in [0, 0.1) is 11.8 Å². The Morgan fingerprint density at radius 1 is 1.30 bits per heavy atom. The van der Waals surface area contributed by atoms with Crippen LogP contribution < -0.4 is 16.4 Å². The van der Waals surface area contributed by atoms with Crippen molar-refractivity contribution in [3.05, 3.63) is 29.8 Å². The minimum Gasteiger partial charge on any atom is -0.346 e. The summed E-state index contributed by atoms with van der Waals surface area (Å²) in [7, 11) is 0. The van der Waals surface area contributed by atoms with Crippen molar-refractivity contribution in [3.63, 3.8) is 0 Å². The Morgan fingerprint density at radius 2 is 1.87 bits per heavy atom. The fourth-order valence-electron chi connectivity index (χ4n) is 2.01. The van der Waals surface area contributed by atoms with Crippen LogP contribution in [0.2, 0.25) is 0 Å². The molecule has 2 rings (SSSR count). The highest BCUT2D eigenvalue weighted by atomic mass is 35.5.